The zero-order valence-corrected chi connectivity index (χ0v) is 12.3. The number of aromatic nitrogens is 2. The van der Waals surface area contributed by atoms with Gasteiger partial charge < -0.3 is 9.47 Å². The van der Waals surface area contributed by atoms with Crippen molar-refractivity contribution in [3.8, 4) is 0 Å². The Hall–Kier alpha value is -2.32. The zero-order valence-electron chi connectivity index (χ0n) is 11.5. The lowest BCUT2D eigenvalue weighted by Gasteiger charge is -2.06. The van der Waals surface area contributed by atoms with Gasteiger partial charge in [-0.3, -0.25) is 10.1 Å². The summed E-state index contributed by atoms with van der Waals surface area (Å²) >= 11 is 1.21. The number of hydrogen-bond acceptors (Lipinski definition) is 7. The van der Waals surface area contributed by atoms with E-state index in [4.69, 9.17) is 4.74 Å². The van der Waals surface area contributed by atoms with E-state index in [-0.39, 0.29) is 11.1 Å². The number of ether oxygens (including phenoxy) is 2. The number of carbonyl (C=O) groups excluding carboxylic acids is 2. The molecule has 0 saturated heterocycles. The summed E-state index contributed by atoms with van der Waals surface area (Å²) in [6.45, 7) is 0.326. The van der Waals surface area contributed by atoms with Gasteiger partial charge >= 0.3 is 5.97 Å². The highest BCUT2D eigenvalue weighted by Crippen LogP contribution is 2.18. The summed E-state index contributed by atoms with van der Waals surface area (Å²) in [5.74, 6) is -1.02. The van der Waals surface area contributed by atoms with Crippen LogP contribution in [0.1, 0.15) is 25.7 Å². The Balaban J connectivity index is 2.18. The van der Waals surface area contributed by atoms with Crippen molar-refractivity contribution >= 4 is 28.3 Å². The summed E-state index contributed by atoms with van der Waals surface area (Å²) in [5, 5.41) is 11.3. The van der Waals surface area contributed by atoms with Gasteiger partial charge in [0.25, 0.3) is 5.91 Å². The molecule has 110 valence electrons. The number of nitrogens with zero attached hydrogens (tertiary/aromatic N) is 2. The smallest absolute Gasteiger partial charge is 0.338 e. The monoisotopic (exact) mass is 307 g/mol. The first-order chi connectivity index (χ1) is 10.2. The van der Waals surface area contributed by atoms with Gasteiger partial charge in [-0.1, -0.05) is 23.5 Å². The second-order valence-electron chi connectivity index (χ2n) is 3.93. The van der Waals surface area contributed by atoms with E-state index in [1.54, 1.807) is 25.3 Å². The summed E-state index contributed by atoms with van der Waals surface area (Å²) in [6.07, 6.45) is 0. The molecule has 0 fully saturated rings. The lowest BCUT2D eigenvalue weighted by atomic mass is 10.1. The molecule has 2 rings (SSSR count). The number of methoxy groups -OCH3 is 2. The topological polar surface area (TPSA) is 90.4 Å². The molecule has 0 unspecified atom stereocenters. The van der Waals surface area contributed by atoms with Crippen molar-refractivity contribution in [2.45, 2.75) is 6.61 Å². The molecule has 1 heterocycles. The zero-order chi connectivity index (χ0) is 15.2. The van der Waals surface area contributed by atoms with Gasteiger partial charge in [-0.2, -0.15) is 0 Å². The fraction of sp³-hybridized carbons (Fsp3) is 0.231. The average Bonchev–Trinajstić information content (AvgIpc) is 2.94. The van der Waals surface area contributed by atoms with Gasteiger partial charge in [0.15, 0.2) is 0 Å². The van der Waals surface area contributed by atoms with Crippen molar-refractivity contribution in [1.82, 2.24) is 10.2 Å². The number of carbonyl (C=O) groups is 2. The van der Waals surface area contributed by atoms with E-state index < -0.39 is 11.9 Å². The number of rotatable bonds is 5. The minimum absolute atomic E-state index is 0.194. The van der Waals surface area contributed by atoms with Crippen molar-refractivity contribution in [2.24, 2.45) is 0 Å². The molecule has 21 heavy (non-hydrogen) atoms. The van der Waals surface area contributed by atoms with Crippen LogP contribution in [0.15, 0.2) is 24.3 Å². The van der Waals surface area contributed by atoms with Crippen LogP contribution in [0.2, 0.25) is 0 Å². The molecule has 7 nitrogen and oxygen atoms in total. The van der Waals surface area contributed by atoms with Crippen LogP contribution in [0, 0.1) is 0 Å². The molecule has 0 spiro atoms. The Kier molecular flexibility index (Phi) is 4.96. The van der Waals surface area contributed by atoms with Crippen LogP contribution in [0.5, 0.6) is 0 Å². The number of esters is 1. The minimum atomic E-state index is -0.571. The quantitative estimate of drug-likeness (QED) is 0.846. The second kappa shape index (κ2) is 6.91. The van der Waals surface area contributed by atoms with E-state index in [0.29, 0.717) is 16.7 Å². The van der Waals surface area contributed by atoms with Gasteiger partial charge in [-0.25, -0.2) is 4.79 Å². The Bertz CT molecular complexity index is 656. The van der Waals surface area contributed by atoms with Crippen molar-refractivity contribution in [3.63, 3.8) is 0 Å². The molecule has 1 N–H and O–H groups in total. The van der Waals surface area contributed by atoms with Crippen LogP contribution >= 0.6 is 11.3 Å². The maximum atomic E-state index is 12.2. The Morgan fingerprint density at radius 1 is 1.19 bits per heavy atom. The van der Waals surface area contributed by atoms with Gasteiger partial charge in [-0.15, -0.1) is 10.2 Å². The van der Waals surface area contributed by atoms with Crippen molar-refractivity contribution in [2.75, 3.05) is 19.5 Å². The van der Waals surface area contributed by atoms with Crippen molar-refractivity contribution in [1.29, 1.82) is 0 Å². The summed E-state index contributed by atoms with van der Waals surface area (Å²) in [4.78, 5) is 23.8. The second-order valence-corrected chi connectivity index (χ2v) is 4.99. The van der Waals surface area contributed by atoms with E-state index in [0.717, 1.165) is 0 Å². The van der Waals surface area contributed by atoms with Crippen LogP contribution in [0.3, 0.4) is 0 Å². The first-order valence-corrected chi connectivity index (χ1v) is 6.77. The highest BCUT2D eigenvalue weighted by Gasteiger charge is 2.18. The Morgan fingerprint density at radius 3 is 2.57 bits per heavy atom. The molecule has 1 aromatic heterocycles. The van der Waals surface area contributed by atoms with Gasteiger partial charge in [0.1, 0.15) is 11.6 Å². The fourth-order valence-electron chi connectivity index (χ4n) is 1.62. The lowest BCUT2D eigenvalue weighted by Crippen LogP contribution is -2.17. The summed E-state index contributed by atoms with van der Waals surface area (Å²) in [6, 6.07) is 6.39. The molecule has 8 heteroatoms. The fourth-order valence-corrected chi connectivity index (χ4v) is 2.33. The van der Waals surface area contributed by atoms with E-state index >= 15 is 0 Å². The maximum absolute atomic E-state index is 12.2. The Morgan fingerprint density at radius 2 is 1.90 bits per heavy atom. The average molecular weight is 307 g/mol. The number of benzene rings is 1. The Labute approximate surface area is 124 Å². The number of hydrogen-bond donors (Lipinski definition) is 1. The molecule has 1 amide bonds. The maximum Gasteiger partial charge on any atom is 0.338 e. The van der Waals surface area contributed by atoms with Gasteiger partial charge in [0, 0.05) is 7.11 Å². The van der Waals surface area contributed by atoms with Crippen LogP contribution in [0.25, 0.3) is 0 Å². The molecule has 0 aliphatic heterocycles. The molecule has 0 atom stereocenters. The molecular weight excluding hydrogens is 294 g/mol. The molecule has 1 aromatic carbocycles. The first-order valence-electron chi connectivity index (χ1n) is 5.95. The normalized spacial score (nSPS) is 10.2. The molecular formula is C13H13N3O4S. The van der Waals surface area contributed by atoms with Gasteiger partial charge in [0.05, 0.1) is 18.2 Å². The van der Waals surface area contributed by atoms with Crippen molar-refractivity contribution < 1.29 is 19.1 Å². The molecule has 0 aliphatic rings. The highest BCUT2D eigenvalue weighted by atomic mass is 32.1. The minimum Gasteiger partial charge on any atom is -0.465 e. The predicted octanol–water partition coefficient (Wildman–Crippen LogP) is 1.72. The summed E-state index contributed by atoms with van der Waals surface area (Å²) in [7, 11) is 2.81. The van der Waals surface area contributed by atoms with Crippen molar-refractivity contribution in [3.05, 3.63) is 40.4 Å². The van der Waals surface area contributed by atoms with E-state index in [1.165, 1.54) is 24.5 Å². The third kappa shape index (κ3) is 3.61. The molecule has 0 saturated carbocycles. The van der Waals surface area contributed by atoms with Crippen LogP contribution < -0.4 is 5.32 Å². The van der Waals surface area contributed by atoms with Gasteiger partial charge in [0.2, 0.25) is 5.13 Å². The number of nitrogens with one attached hydrogen (secondary N) is 1. The third-order valence-electron chi connectivity index (χ3n) is 2.53. The standard InChI is InChI=1S/C13H13N3O4S/c1-19-7-10-15-16-13(21-10)14-11(17)8-5-3-4-6-9(8)12(18)20-2/h3-6H,7H2,1-2H3,(H,14,16,17). The summed E-state index contributed by atoms with van der Waals surface area (Å²) < 4.78 is 9.58. The van der Waals surface area contributed by atoms with Crippen LogP contribution in [-0.4, -0.2) is 36.3 Å². The van der Waals surface area contributed by atoms with E-state index in [2.05, 4.69) is 20.3 Å². The molecule has 0 aliphatic carbocycles. The third-order valence-corrected chi connectivity index (χ3v) is 3.34. The largest absolute Gasteiger partial charge is 0.465 e. The SMILES string of the molecule is COCc1nnc(NC(=O)c2ccccc2C(=O)OC)s1. The summed E-state index contributed by atoms with van der Waals surface area (Å²) in [5.41, 5.74) is 0.409. The number of amides is 1. The van der Waals surface area contributed by atoms with Gasteiger partial charge in [-0.05, 0) is 12.1 Å². The first kappa shape index (κ1) is 15.1. The van der Waals surface area contributed by atoms with Crippen LogP contribution in [-0.2, 0) is 16.1 Å². The van der Waals surface area contributed by atoms with E-state index in [1.807, 2.05) is 0 Å². The molecule has 0 radical (unpaired) electrons. The molecule has 2 aromatic rings. The van der Waals surface area contributed by atoms with Crippen LogP contribution in [0.4, 0.5) is 5.13 Å². The highest BCUT2D eigenvalue weighted by molar-refractivity contribution is 7.15. The predicted molar refractivity (Wildman–Crippen MR) is 76.4 cm³/mol. The number of anilines is 1. The molecule has 0 bridgehead atoms. The lowest BCUT2D eigenvalue weighted by molar-refractivity contribution is 0.0597. The van der Waals surface area contributed by atoms with E-state index in [9.17, 15) is 9.59 Å².